The highest BCUT2D eigenvalue weighted by atomic mass is 35.5. The molecule has 0 aliphatic heterocycles. The number of anilines is 1. The predicted molar refractivity (Wildman–Crippen MR) is 67.3 cm³/mol. The number of hydrogen-bond donors (Lipinski definition) is 1. The Morgan fingerprint density at radius 3 is 2.71 bits per heavy atom. The molecule has 1 unspecified atom stereocenters. The van der Waals surface area contributed by atoms with Crippen molar-refractivity contribution in [3.63, 3.8) is 0 Å². The van der Waals surface area contributed by atoms with Crippen LogP contribution in [0.5, 0.6) is 0 Å². The molecule has 2 rings (SSSR count). The molecule has 0 amide bonds. The van der Waals surface area contributed by atoms with Crippen LogP contribution in [-0.4, -0.2) is 9.97 Å². The summed E-state index contributed by atoms with van der Waals surface area (Å²) in [5.41, 5.74) is 0.837. The number of aryl methyl sites for hydroxylation is 1. The van der Waals surface area contributed by atoms with Crippen molar-refractivity contribution < 1.29 is 4.42 Å². The molecule has 2 aromatic rings. The van der Waals surface area contributed by atoms with Crippen LogP contribution >= 0.6 is 11.6 Å². The number of halogens is 1. The summed E-state index contributed by atoms with van der Waals surface area (Å²) in [7, 11) is 0. The molecule has 1 N–H and O–H groups in total. The maximum atomic E-state index is 5.93. The minimum Gasteiger partial charge on any atom is -0.464 e. The number of rotatable bonds is 3. The Hall–Kier alpha value is -1.55. The molecule has 2 aromatic heterocycles. The number of nitrogens with zero attached hydrogens (tertiary/aromatic N) is 2. The first-order chi connectivity index (χ1) is 8.08. The SMILES string of the molecule is Cc1ccc(C(C)Nc2ncnc(Cl)c2C)o1. The highest BCUT2D eigenvalue weighted by Crippen LogP contribution is 2.24. The first-order valence-corrected chi connectivity index (χ1v) is 5.75. The van der Waals surface area contributed by atoms with Crippen LogP contribution < -0.4 is 5.32 Å². The third kappa shape index (κ3) is 2.58. The van der Waals surface area contributed by atoms with Gasteiger partial charge in [-0.3, -0.25) is 0 Å². The van der Waals surface area contributed by atoms with Crippen LogP contribution in [0.3, 0.4) is 0 Å². The highest BCUT2D eigenvalue weighted by Gasteiger charge is 2.12. The van der Waals surface area contributed by atoms with E-state index in [-0.39, 0.29) is 6.04 Å². The van der Waals surface area contributed by atoms with Gasteiger partial charge in [0.05, 0.1) is 6.04 Å². The van der Waals surface area contributed by atoms with Gasteiger partial charge in [0.1, 0.15) is 28.8 Å². The molecule has 0 aliphatic rings. The van der Waals surface area contributed by atoms with E-state index in [0.717, 1.165) is 22.9 Å². The summed E-state index contributed by atoms with van der Waals surface area (Å²) >= 11 is 5.93. The third-order valence-corrected chi connectivity index (χ3v) is 2.94. The number of hydrogen-bond acceptors (Lipinski definition) is 4. The lowest BCUT2D eigenvalue weighted by molar-refractivity contribution is 0.466. The molecule has 0 bridgehead atoms. The van der Waals surface area contributed by atoms with Gasteiger partial charge in [-0.05, 0) is 32.9 Å². The quantitative estimate of drug-likeness (QED) is 0.848. The van der Waals surface area contributed by atoms with Gasteiger partial charge in [0.2, 0.25) is 0 Å². The van der Waals surface area contributed by atoms with Gasteiger partial charge in [0.15, 0.2) is 0 Å². The molecule has 90 valence electrons. The molecule has 4 nitrogen and oxygen atoms in total. The second-order valence-corrected chi connectivity index (χ2v) is 4.31. The van der Waals surface area contributed by atoms with Gasteiger partial charge in [-0.1, -0.05) is 11.6 Å². The standard InChI is InChI=1S/C12H14ClN3O/c1-7-4-5-10(17-7)9(3)16-12-8(2)11(13)14-6-15-12/h4-6,9H,1-3H3,(H,14,15,16). The molecule has 2 heterocycles. The molecule has 0 aliphatic carbocycles. The van der Waals surface area contributed by atoms with Crippen molar-refractivity contribution in [3.05, 3.63) is 40.7 Å². The zero-order valence-corrected chi connectivity index (χ0v) is 10.7. The van der Waals surface area contributed by atoms with E-state index in [2.05, 4.69) is 15.3 Å². The van der Waals surface area contributed by atoms with Crippen molar-refractivity contribution in [2.45, 2.75) is 26.8 Å². The van der Waals surface area contributed by atoms with Crippen LogP contribution in [0.25, 0.3) is 0 Å². The van der Waals surface area contributed by atoms with E-state index in [0.29, 0.717) is 5.15 Å². The molecular formula is C12H14ClN3O. The minimum atomic E-state index is 0.0355. The topological polar surface area (TPSA) is 51.0 Å². The summed E-state index contributed by atoms with van der Waals surface area (Å²) < 4.78 is 5.55. The van der Waals surface area contributed by atoms with Gasteiger partial charge < -0.3 is 9.73 Å². The third-order valence-electron chi connectivity index (χ3n) is 2.56. The van der Waals surface area contributed by atoms with Crippen molar-refractivity contribution in [1.29, 1.82) is 0 Å². The highest BCUT2D eigenvalue weighted by molar-refractivity contribution is 6.30. The lowest BCUT2D eigenvalue weighted by atomic mass is 10.2. The fourth-order valence-electron chi connectivity index (χ4n) is 1.54. The Bertz CT molecular complexity index is 524. The van der Waals surface area contributed by atoms with Crippen LogP contribution in [0, 0.1) is 13.8 Å². The first-order valence-electron chi connectivity index (χ1n) is 5.38. The lowest BCUT2D eigenvalue weighted by Crippen LogP contribution is -2.08. The van der Waals surface area contributed by atoms with Crippen molar-refractivity contribution in [2.75, 3.05) is 5.32 Å². The average Bonchev–Trinajstić information content (AvgIpc) is 2.72. The Morgan fingerprint density at radius 1 is 1.29 bits per heavy atom. The zero-order valence-electron chi connectivity index (χ0n) is 9.99. The smallest absolute Gasteiger partial charge is 0.137 e. The molecule has 0 saturated carbocycles. The van der Waals surface area contributed by atoms with Gasteiger partial charge in [-0.25, -0.2) is 9.97 Å². The molecule has 17 heavy (non-hydrogen) atoms. The molecule has 0 spiro atoms. The molecule has 1 atom stereocenters. The minimum absolute atomic E-state index is 0.0355. The van der Waals surface area contributed by atoms with E-state index in [9.17, 15) is 0 Å². The monoisotopic (exact) mass is 251 g/mol. The Labute approximate surface area is 105 Å². The van der Waals surface area contributed by atoms with Gasteiger partial charge in [0, 0.05) is 5.56 Å². The maximum absolute atomic E-state index is 5.93. The largest absolute Gasteiger partial charge is 0.464 e. The molecule has 0 radical (unpaired) electrons. The van der Waals surface area contributed by atoms with Crippen LogP contribution in [0.15, 0.2) is 22.9 Å². The van der Waals surface area contributed by atoms with E-state index >= 15 is 0 Å². The summed E-state index contributed by atoms with van der Waals surface area (Å²) in [6, 6.07) is 3.92. The molecule has 0 aromatic carbocycles. The van der Waals surface area contributed by atoms with E-state index in [1.807, 2.05) is 32.9 Å². The van der Waals surface area contributed by atoms with Crippen LogP contribution in [0.1, 0.15) is 30.0 Å². The summed E-state index contributed by atoms with van der Waals surface area (Å²) in [6.07, 6.45) is 1.44. The van der Waals surface area contributed by atoms with Crippen LogP contribution in [0.2, 0.25) is 5.15 Å². The Kier molecular flexibility index (Phi) is 3.33. The van der Waals surface area contributed by atoms with E-state index < -0.39 is 0 Å². The lowest BCUT2D eigenvalue weighted by Gasteiger charge is -2.14. The number of nitrogens with one attached hydrogen (secondary N) is 1. The summed E-state index contributed by atoms with van der Waals surface area (Å²) in [5.74, 6) is 2.49. The summed E-state index contributed by atoms with van der Waals surface area (Å²) in [6.45, 7) is 5.81. The second kappa shape index (κ2) is 4.75. The fraction of sp³-hybridized carbons (Fsp3) is 0.333. The van der Waals surface area contributed by atoms with E-state index in [1.54, 1.807) is 0 Å². The second-order valence-electron chi connectivity index (χ2n) is 3.95. The predicted octanol–water partition coefficient (Wildman–Crippen LogP) is 3.51. The molecule has 0 saturated heterocycles. The fourth-order valence-corrected chi connectivity index (χ4v) is 1.67. The number of furan rings is 1. The van der Waals surface area contributed by atoms with Crippen molar-refractivity contribution in [2.24, 2.45) is 0 Å². The van der Waals surface area contributed by atoms with E-state index in [4.69, 9.17) is 16.0 Å². The van der Waals surface area contributed by atoms with Crippen LogP contribution in [-0.2, 0) is 0 Å². The normalized spacial score (nSPS) is 12.5. The van der Waals surface area contributed by atoms with Crippen LogP contribution in [0.4, 0.5) is 5.82 Å². The molecule has 0 fully saturated rings. The summed E-state index contributed by atoms with van der Waals surface area (Å²) in [5, 5.41) is 3.71. The van der Waals surface area contributed by atoms with Gasteiger partial charge in [-0.15, -0.1) is 0 Å². The first kappa shape index (κ1) is 11.9. The van der Waals surface area contributed by atoms with Gasteiger partial charge in [0.25, 0.3) is 0 Å². The molecule has 5 heteroatoms. The number of aromatic nitrogens is 2. The Morgan fingerprint density at radius 2 is 2.06 bits per heavy atom. The van der Waals surface area contributed by atoms with Gasteiger partial charge >= 0.3 is 0 Å². The van der Waals surface area contributed by atoms with Crippen molar-refractivity contribution in [1.82, 2.24) is 9.97 Å². The summed E-state index contributed by atoms with van der Waals surface area (Å²) in [4.78, 5) is 8.08. The van der Waals surface area contributed by atoms with Crippen molar-refractivity contribution >= 4 is 17.4 Å². The van der Waals surface area contributed by atoms with Crippen molar-refractivity contribution in [3.8, 4) is 0 Å². The zero-order chi connectivity index (χ0) is 12.4. The Balaban J connectivity index is 2.18. The maximum Gasteiger partial charge on any atom is 0.137 e. The molecular weight excluding hydrogens is 238 g/mol. The van der Waals surface area contributed by atoms with Gasteiger partial charge in [-0.2, -0.15) is 0 Å². The average molecular weight is 252 g/mol. The van der Waals surface area contributed by atoms with E-state index in [1.165, 1.54) is 6.33 Å².